The zero-order valence-electron chi connectivity index (χ0n) is 19.9. The van der Waals surface area contributed by atoms with Crippen molar-refractivity contribution in [3.05, 3.63) is 120 Å². The number of carbonyl (C=O) groups is 4. The summed E-state index contributed by atoms with van der Waals surface area (Å²) in [5, 5.41) is 2.83. The Balaban J connectivity index is 1.29. The van der Waals surface area contributed by atoms with E-state index in [9.17, 15) is 19.2 Å². The van der Waals surface area contributed by atoms with E-state index in [2.05, 4.69) is 5.32 Å². The minimum absolute atomic E-state index is 0.110. The van der Waals surface area contributed by atoms with Gasteiger partial charge in [-0.25, -0.2) is 9.69 Å². The Morgan fingerprint density at radius 1 is 0.730 bits per heavy atom. The molecule has 182 valence electrons. The number of anilines is 2. The molecule has 0 fully saturated rings. The molecule has 4 aromatic rings. The summed E-state index contributed by atoms with van der Waals surface area (Å²) in [6.07, 6.45) is -1.10. The lowest BCUT2D eigenvalue weighted by Crippen LogP contribution is -2.31. The molecule has 1 aliphatic heterocycles. The number of nitrogens with one attached hydrogen (secondary N) is 1. The van der Waals surface area contributed by atoms with E-state index in [-0.39, 0.29) is 11.3 Å². The summed E-state index contributed by atoms with van der Waals surface area (Å²) < 4.78 is 5.41. The number of imide groups is 1. The minimum atomic E-state index is -1.10. The molecule has 1 aliphatic rings. The van der Waals surface area contributed by atoms with Crippen LogP contribution in [0, 0.1) is 0 Å². The van der Waals surface area contributed by atoms with Gasteiger partial charge in [-0.3, -0.25) is 14.4 Å². The van der Waals surface area contributed by atoms with Gasteiger partial charge < -0.3 is 10.1 Å². The number of hydrogen-bond donors (Lipinski definition) is 1. The molecule has 37 heavy (non-hydrogen) atoms. The molecule has 0 saturated carbocycles. The van der Waals surface area contributed by atoms with Gasteiger partial charge in [0.1, 0.15) is 0 Å². The normalized spacial score (nSPS) is 13.2. The Hall–Kier alpha value is -5.04. The zero-order chi connectivity index (χ0) is 25.9. The van der Waals surface area contributed by atoms with E-state index < -0.39 is 29.8 Å². The highest BCUT2D eigenvalue weighted by atomic mass is 16.5. The summed E-state index contributed by atoms with van der Waals surface area (Å²) in [5.41, 5.74) is 3.34. The van der Waals surface area contributed by atoms with Gasteiger partial charge in [-0.05, 0) is 48.9 Å². The molecular weight excluding hydrogens is 468 g/mol. The second kappa shape index (κ2) is 9.91. The molecule has 0 saturated heterocycles. The van der Waals surface area contributed by atoms with Crippen LogP contribution in [0.25, 0.3) is 11.1 Å². The van der Waals surface area contributed by atoms with Crippen LogP contribution in [0.4, 0.5) is 11.4 Å². The lowest BCUT2D eigenvalue weighted by atomic mass is 10.0. The number of esters is 1. The third-order valence-electron chi connectivity index (χ3n) is 6.06. The van der Waals surface area contributed by atoms with Gasteiger partial charge in [0.05, 0.1) is 22.4 Å². The number of para-hydroxylation sites is 1. The smallest absolute Gasteiger partial charge is 0.338 e. The molecular formula is C30H22N2O5. The van der Waals surface area contributed by atoms with Crippen LogP contribution >= 0.6 is 0 Å². The molecule has 3 amide bonds. The molecule has 0 bridgehead atoms. The van der Waals surface area contributed by atoms with Crippen molar-refractivity contribution >= 4 is 35.1 Å². The summed E-state index contributed by atoms with van der Waals surface area (Å²) >= 11 is 0. The quantitative estimate of drug-likeness (QED) is 0.291. The van der Waals surface area contributed by atoms with Crippen molar-refractivity contribution in [2.75, 3.05) is 10.2 Å². The lowest BCUT2D eigenvalue weighted by Gasteiger charge is -2.17. The van der Waals surface area contributed by atoms with E-state index in [1.807, 2.05) is 48.5 Å². The molecule has 1 atom stereocenters. The van der Waals surface area contributed by atoms with Crippen LogP contribution in [0.5, 0.6) is 0 Å². The molecule has 0 spiro atoms. The average molecular weight is 491 g/mol. The summed E-state index contributed by atoms with van der Waals surface area (Å²) in [6, 6.07) is 29.5. The monoisotopic (exact) mass is 490 g/mol. The number of benzene rings is 4. The number of rotatable bonds is 6. The van der Waals surface area contributed by atoms with Crippen LogP contribution in [-0.4, -0.2) is 29.8 Å². The van der Waals surface area contributed by atoms with E-state index in [1.54, 1.807) is 42.5 Å². The Labute approximate surface area is 213 Å². The summed E-state index contributed by atoms with van der Waals surface area (Å²) in [5.74, 6) is -2.17. The number of nitrogens with zero attached hydrogens (tertiary/aromatic N) is 1. The lowest BCUT2D eigenvalue weighted by molar-refractivity contribution is -0.123. The van der Waals surface area contributed by atoms with Gasteiger partial charge in [-0.1, -0.05) is 66.7 Å². The van der Waals surface area contributed by atoms with Crippen molar-refractivity contribution in [1.82, 2.24) is 0 Å². The van der Waals surface area contributed by atoms with Gasteiger partial charge in [0.15, 0.2) is 6.10 Å². The fourth-order valence-electron chi connectivity index (χ4n) is 4.17. The van der Waals surface area contributed by atoms with E-state index in [0.717, 1.165) is 16.0 Å². The topological polar surface area (TPSA) is 92.8 Å². The second-order valence-corrected chi connectivity index (χ2v) is 8.49. The van der Waals surface area contributed by atoms with Crippen molar-refractivity contribution in [2.24, 2.45) is 0 Å². The second-order valence-electron chi connectivity index (χ2n) is 8.49. The van der Waals surface area contributed by atoms with Crippen LogP contribution in [0.3, 0.4) is 0 Å². The van der Waals surface area contributed by atoms with Gasteiger partial charge in [-0.15, -0.1) is 0 Å². The first kappa shape index (κ1) is 23.7. The number of amides is 3. The standard InChI is InChI=1S/C30H22N2O5/c1-19(27(33)31-26-17-8-7-14-23(26)20-10-3-2-4-11-20)37-30(36)21-12-9-13-22(18-21)32-28(34)24-15-5-6-16-25(24)29(32)35/h2-19H,1H3,(H,31,33). The Kier molecular flexibility index (Phi) is 6.34. The van der Waals surface area contributed by atoms with Gasteiger partial charge >= 0.3 is 5.97 Å². The molecule has 4 aromatic carbocycles. The van der Waals surface area contributed by atoms with Crippen LogP contribution in [0.15, 0.2) is 103 Å². The van der Waals surface area contributed by atoms with E-state index in [4.69, 9.17) is 4.74 Å². The van der Waals surface area contributed by atoms with Crippen LogP contribution in [0.1, 0.15) is 38.0 Å². The maximum Gasteiger partial charge on any atom is 0.338 e. The Bertz CT molecular complexity index is 1500. The number of hydrogen-bond acceptors (Lipinski definition) is 5. The highest BCUT2D eigenvalue weighted by Crippen LogP contribution is 2.30. The largest absolute Gasteiger partial charge is 0.449 e. The van der Waals surface area contributed by atoms with Gasteiger partial charge in [-0.2, -0.15) is 0 Å². The molecule has 0 aliphatic carbocycles. The Morgan fingerprint density at radius 2 is 1.32 bits per heavy atom. The third-order valence-corrected chi connectivity index (χ3v) is 6.06. The molecule has 7 nitrogen and oxygen atoms in total. The van der Waals surface area contributed by atoms with E-state index in [1.165, 1.54) is 19.1 Å². The van der Waals surface area contributed by atoms with E-state index >= 15 is 0 Å². The van der Waals surface area contributed by atoms with E-state index in [0.29, 0.717) is 16.8 Å². The van der Waals surface area contributed by atoms with Crippen molar-refractivity contribution in [3.63, 3.8) is 0 Å². The summed E-state index contributed by atoms with van der Waals surface area (Å²) in [6.45, 7) is 1.48. The maximum absolute atomic E-state index is 12.9. The number of ether oxygens (including phenoxy) is 1. The zero-order valence-corrected chi connectivity index (χ0v) is 19.9. The highest BCUT2D eigenvalue weighted by Gasteiger charge is 2.36. The first-order valence-electron chi connectivity index (χ1n) is 11.7. The molecule has 1 N–H and O–H groups in total. The first-order valence-corrected chi connectivity index (χ1v) is 11.7. The summed E-state index contributed by atoms with van der Waals surface area (Å²) in [7, 11) is 0. The number of carbonyl (C=O) groups excluding carboxylic acids is 4. The molecule has 1 heterocycles. The average Bonchev–Trinajstić information content (AvgIpc) is 3.19. The molecule has 1 unspecified atom stereocenters. The molecule has 5 rings (SSSR count). The maximum atomic E-state index is 12.9. The van der Waals surface area contributed by atoms with Crippen LogP contribution < -0.4 is 10.2 Å². The fourth-order valence-corrected chi connectivity index (χ4v) is 4.17. The minimum Gasteiger partial charge on any atom is -0.449 e. The van der Waals surface area contributed by atoms with Crippen molar-refractivity contribution in [1.29, 1.82) is 0 Å². The molecule has 7 heteroatoms. The van der Waals surface area contributed by atoms with Crippen molar-refractivity contribution < 1.29 is 23.9 Å². The first-order chi connectivity index (χ1) is 17.9. The SMILES string of the molecule is CC(OC(=O)c1cccc(N2C(=O)c3ccccc3C2=O)c1)C(=O)Nc1ccccc1-c1ccccc1. The summed E-state index contributed by atoms with van der Waals surface area (Å²) in [4.78, 5) is 52.3. The third kappa shape index (κ3) is 4.62. The van der Waals surface area contributed by atoms with Crippen LogP contribution in [-0.2, 0) is 9.53 Å². The van der Waals surface area contributed by atoms with Crippen molar-refractivity contribution in [2.45, 2.75) is 13.0 Å². The number of fused-ring (bicyclic) bond motifs is 1. The van der Waals surface area contributed by atoms with Gasteiger partial charge in [0.2, 0.25) is 0 Å². The predicted octanol–water partition coefficient (Wildman–Crippen LogP) is 5.34. The predicted molar refractivity (Wildman–Crippen MR) is 139 cm³/mol. The van der Waals surface area contributed by atoms with Gasteiger partial charge in [0, 0.05) is 11.3 Å². The fraction of sp³-hybridized carbons (Fsp3) is 0.0667. The van der Waals surface area contributed by atoms with Gasteiger partial charge in [0.25, 0.3) is 17.7 Å². The highest BCUT2D eigenvalue weighted by molar-refractivity contribution is 6.34. The molecule has 0 aromatic heterocycles. The molecule has 0 radical (unpaired) electrons. The Morgan fingerprint density at radius 3 is 2.00 bits per heavy atom. The van der Waals surface area contributed by atoms with Crippen molar-refractivity contribution in [3.8, 4) is 11.1 Å². The van der Waals surface area contributed by atoms with Crippen LogP contribution in [0.2, 0.25) is 0 Å².